The first-order valence-corrected chi connectivity index (χ1v) is 6.51. The summed E-state index contributed by atoms with van der Waals surface area (Å²) in [6.07, 6.45) is 5.61. The second kappa shape index (κ2) is 5.10. The summed E-state index contributed by atoms with van der Waals surface area (Å²) in [5.74, 6) is 0.249. The molecule has 0 bridgehead atoms. The van der Waals surface area contributed by atoms with Gasteiger partial charge < -0.3 is 10.2 Å². The summed E-state index contributed by atoms with van der Waals surface area (Å²) in [5, 5.41) is 7.43. The molecule has 1 unspecified atom stereocenters. The van der Waals surface area contributed by atoms with Crippen LogP contribution in [0.3, 0.4) is 0 Å². The van der Waals surface area contributed by atoms with Crippen molar-refractivity contribution in [2.75, 3.05) is 20.1 Å². The van der Waals surface area contributed by atoms with Crippen molar-refractivity contribution in [2.45, 2.75) is 26.3 Å². The number of hydrogen-bond donors (Lipinski definition) is 1. The molecule has 5 nitrogen and oxygen atoms in total. The Kier molecular flexibility index (Phi) is 3.71. The molecule has 100 valence electrons. The van der Waals surface area contributed by atoms with Gasteiger partial charge in [-0.05, 0) is 19.4 Å². The van der Waals surface area contributed by atoms with Crippen LogP contribution in [0.1, 0.15) is 25.3 Å². The minimum Gasteiger partial charge on any atom is -0.341 e. The third-order valence-corrected chi connectivity index (χ3v) is 3.90. The summed E-state index contributed by atoms with van der Waals surface area (Å²) >= 11 is 0. The van der Waals surface area contributed by atoms with Gasteiger partial charge in [0, 0.05) is 38.9 Å². The zero-order chi connectivity index (χ0) is 13.2. The van der Waals surface area contributed by atoms with Crippen LogP contribution in [0.4, 0.5) is 0 Å². The van der Waals surface area contributed by atoms with Gasteiger partial charge in [-0.3, -0.25) is 9.48 Å². The molecular weight excluding hydrogens is 228 g/mol. The highest BCUT2D eigenvalue weighted by atomic mass is 16.2. The average Bonchev–Trinajstić information content (AvgIpc) is 2.98. The molecule has 0 spiro atoms. The van der Waals surface area contributed by atoms with Crippen molar-refractivity contribution in [2.24, 2.45) is 12.5 Å². The van der Waals surface area contributed by atoms with E-state index in [2.05, 4.69) is 17.3 Å². The van der Waals surface area contributed by atoms with Crippen LogP contribution in [-0.2, 0) is 18.4 Å². The SMILES string of the molecule is CCC1(C(=O)N(C)Cc2cnn(C)c2)CCNC1. The third kappa shape index (κ3) is 2.41. The van der Waals surface area contributed by atoms with Gasteiger partial charge in [-0.1, -0.05) is 6.92 Å². The maximum absolute atomic E-state index is 12.6. The lowest BCUT2D eigenvalue weighted by Crippen LogP contribution is -2.42. The Bertz CT molecular complexity index is 420. The first-order chi connectivity index (χ1) is 8.57. The van der Waals surface area contributed by atoms with E-state index in [-0.39, 0.29) is 11.3 Å². The summed E-state index contributed by atoms with van der Waals surface area (Å²) in [4.78, 5) is 14.4. The van der Waals surface area contributed by atoms with Crippen LogP contribution in [0.2, 0.25) is 0 Å². The van der Waals surface area contributed by atoms with Gasteiger partial charge in [0.25, 0.3) is 0 Å². The largest absolute Gasteiger partial charge is 0.341 e. The minimum atomic E-state index is -0.197. The maximum atomic E-state index is 12.6. The average molecular weight is 250 g/mol. The first-order valence-electron chi connectivity index (χ1n) is 6.51. The summed E-state index contributed by atoms with van der Waals surface area (Å²) in [6.45, 7) is 4.48. The number of aryl methyl sites for hydroxylation is 1. The molecule has 2 rings (SSSR count). The van der Waals surface area contributed by atoms with Gasteiger partial charge in [-0.25, -0.2) is 0 Å². The van der Waals surface area contributed by atoms with Crippen molar-refractivity contribution in [3.63, 3.8) is 0 Å². The fraction of sp³-hybridized carbons (Fsp3) is 0.692. The Morgan fingerprint density at radius 1 is 1.67 bits per heavy atom. The number of carbonyl (C=O) groups excluding carboxylic acids is 1. The Balaban J connectivity index is 2.04. The Hall–Kier alpha value is -1.36. The molecule has 2 heterocycles. The van der Waals surface area contributed by atoms with Gasteiger partial charge in [0.2, 0.25) is 5.91 Å². The predicted molar refractivity (Wildman–Crippen MR) is 69.9 cm³/mol. The fourth-order valence-corrected chi connectivity index (χ4v) is 2.68. The lowest BCUT2D eigenvalue weighted by atomic mass is 9.83. The minimum absolute atomic E-state index is 0.197. The molecule has 1 saturated heterocycles. The van der Waals surface area contributed by atoms with Crippen LogP contribution >= 0.6 is 0 Å². The second-order valence-corrected chi connectivity index (χ2v) is 5.24. The summed E-state index contributed by atoms with van der Waals surface area (Å²) < 4.78 is 1.76. The van der Waals surface area contributed by atoms with Crippen LogP contribution in [0.5, 0.6) is 0 Å². The smallest absolute Gasteiger partial charge is 0.230 e. The van der Waals surface area contributed by atoms with Crippen LogP contribution < -0.4 is 5.32 Å². The molecule has 1 aliphatic rings. The number of rotatable bonds is 4. The van der Waals surface area contributed by atoms with Gasteiger partial charge in [0.15, 0.2) is 0 Å². The molecular formula is C13H22N4O. The molecule has 0 radical (unpaired) electrons. The molecule has 1 aliphatic heterocycles. The van der Waals surface area contributed by atoms with Crippen LogP contribution in [-0.4, -0.2) is 40.7 Å². The summed E-state index contributed by atoms with van der Waals surface area (Å²) in [5.41, 5.74) is 0.877. The van der Waals surface area contributed by atoms with E-state index in [4.69, 9.17) is 0 Å². The van der Waals surface area contributed by atoms with E-state index in [1.165, 1.54) is 0 Å². The Morgan fingerprint density at radius 3 is 2.94 bits per heavy atom. The molecule has 1 amide bonds. The van der Waals surface area contributed by atoms with Crippen molar-refractivity contribution in [3.05, 3.63) is 18.0 Å². The molecule has 0 aliphatic carbocycles. The topological polar surface area (TPSA) is 50.2 Å². The molecule has 1 N–H and O–H groups in total. The summed E-state index contributed by atoms with van der Waals surface area (Å²) in [6, 6.07) is 0. The standard InChI is InChI=1S/C13H22N4O/c1-4-13(5-6-14-10-13)12(18)16(2)8-11-7-15-17(3)9-11/h7,9,14H,4-6,8,10H2,1-3H3. The van der Waals surface area contributed by atoms with Crippen molar-refractivity contribution < 1.29 is 4.79 Å². The number of hydrogen-bond acceptors (Lipinski definition) is 3. The van der Waals surface area contributed by atoms with Gasteiger partial charge >= 0.3 is 0 Å². The molecule has 1 aromatic rings. The maximum Gasteiger partial charge on any atom is 0.230 e. The van der Waals surface area contributed by atoms with Crippen molar-refractivity contribution >= 4 is 5.91 Å². The van der Waals surface area contributed by atoms with E-state index in [0.717, 1.165) is 31.5 Å². The predicted octanol–water partition coefficient (Wildman–Crippen LogP) is 0.768. The highest BCUT2D eigenvalue weighted by molar-refractivity contribution is 5.83. The lowest BCUT2D eigenvalue weighted by Gasteiger charge is -2.30. The zero-order valence-corrected chi connectivity index (χ0v) is 11.4. The normalized spacial score (nSPS) is 23.3. The fourth-order valence-electron chi connectivity index (χ4n) is 2.68. The lowest BCUT2D eigenvalue weighted by molar-refractivity contribution is -0.140. The van der Waals surface area contributed by atoms with E-state index in [1.54, 1.807) is 4.68 Å². The summed E-state index contributed by atoms with van der Waals surface area (Å²) in [7, 11) is 3.77. The molecule has 0 aromatic carbocycles. The Labute approximate surface area is 108 Å². The number of nitrogens with zero attached hydrogens (tertiary/aromatic N) is 3. The molecule has 18 heavy (non-hydrogen) atoms. The van der Waals surface area contributed by atoms with Crippen molar-refractivity contribution in [3.8, 4) is 0 Å². The molecule has 5 heteroatoms. The Morgan fingerprint density at radius 2 is 2.44 bits per heavy atom. The van der Waals surface area contributed by atoms with Gasteiger partial charge in [-0.15, -0.1) is 0 Å². The number of carbonyl (C=O) groups is 1. The van der Waals surface area contributed by atoms with Crippen molar-refractivity contribution in [1.29, 1.82) is 0 Å². The van der Waals surface area contributed by atoms with Gasteiger partial charge in [-0.2, -0.15) is 5.10 Å². The molecule has 1 fully saturated rings. The molecule has 1 atom stereocenters. The van der Waals surface area contributed by atoms with Crippen LogP contribution in [0, 0.1) is 5.41 Å². The van der Waals surface area contributed by atoms with Crippen molar-refractivity contribution in [1.82, 2.24) is 20.0 Å². The zero-order valence-electron chi connectivity index (χ0n) is 11.4. The van der Waals surface area contributed by atoms with Crippen LogP contribution in [0.25, 0.3) is 0 Å². The molecule has 1 aromatic heterocycles. The third-order valence-electron chi connectivity index (χ3n) is 3.90. The van der Waals surface area contributed by atoms with E-state index in [1.807, 2.05) is 31.4 Å². The quantitative estimate of drug-likeness (QED) is 0.858. The van der Waals surface area contributed by atoms with E-state index < -0.39 is 0 Å². The van der Waals surface area contributed by atoms with Gasteiger partial charge in [0.1, 0.15) is 0 Å². The van der Waals surface area contributed by atoms with E-state index in [0.29, 0.717) is 6.54 Å². The molecule has 0 saturated carbocycles. The van der Waals surface area contributed by atoms with E-state index in [9.17, 15) is 4.79 Å². The van der Waals surface area contributed by atoms with Crippen LogP contribution in [0.15, 0.2) is 12.4 Å². The van der Waals surface area contributed by atoms with E-state index >= 15 is 0 Å². The highest BCUT2D eigenvalue weighted by Crippen LogP contribution is 2.31. The van der Waals surface area contributed by atoms with Gasteiger partial charge in [0.05, 0.1) is 11.6 Å². The second-order valence-electron chi connectivity index (χ2n) is 5.24. The number of nitrogens with one attached hydrogen (secondary N) is 1. The monoisotopic (exact) mass is 250 g/mol. The number of amides is 1. The number of aromatic nitrogens is 2. The first kappa shape index (κ1) is 13.1. The highest BCUT2D eigenvalue weighted by Gasteiger charge is 2.41.